The molecule has 4 nitrogen and oxygen atoms in total. The molecule has 0 fully saturated rings. The van der Waals surface area contributed by atoms with Crippen LogP contribution >= 0.6 is 0 Å². The Morgan fingerprint density at radius 1 is 1.35 bits per heavy atom. The van der Waals surface area contributed by atoms with E-state index in [1.807, 2.05) is 42.4 Å². The van der Waals surface area contributed by atoms with Gasteiger partial charge in [0.05, 0.1) is 11.9 Å². The van der Waals surface area contributed by atoms with Gasteiger partial charge in [0.2, 0.25) is 0 Å². The van der Waals surface area contributed by atoms with Crippen molar-refractivity contribution in [3.63, 3.8) is 0 Å². The first-order valence-electron chi connectivity index (χ1n) is 6.53. The lowest BCUT2D eigenvalue weighted by Gasteiger charge is -2.19. The molecule has 0 atom stereocenters. The van der Waals surface area contributed by atoms with Crippen LogP contribution in [0.3, 0.4) is 0 Å². The minimum atomic E-state index is 0.654. The van der Waals surface area contributed by atoms with Crippen molar-refractivity contribution in [1.29, 1.82) is 0 Å². The molecule has 3 rings (SSSR count). The number of aliphatic imine (C=N–C) groups is 1. The first kappa shape index (κ1) is 12.5. The van der Waals surface area contributed by atoms with E-state index in [1.165, 1.54) is 5.56 Å². The van der Waals surface area contributed by atoms with Crippen LogP contribution in [0.15, 0.2) is 41.5 Å². The SMILES string of the molecule is CN(Cc1ccccc1C=O)c1cc2c(cn1)N=CC2. The van der Waals surface area contributed by atoms with Gasteiger partial charge in [-0.05, 0) is 17.2 Å². The Kier molecular flexibility index (Phi) is 3.29. The zero-order valence-corrected chi connectivity index (χ0v) is 11.3. The largest absolute Gasteiger partial charge is 0.355 e. The van der Waals surface area contributed by atoms with Gasteiger partial charge < -0.3 is 4.90 Å². The molecule has 20 heavy (non-hydrogen) atoms. The highest BCUT2D eigenvalue weighted by molar-refractivity contribution is 5.78. The molecule has 0 N–H and O–H groups in total. The molecular weight excluding hydrogens is 250 g/mol. The van der Waals surface area contributed by atoms with Gasteiger partial charge in [-0.25, -0.2) is 4.98 Å². The van der Waals surface area contributed by atoms with Crippen molar-refractivity contribution in [1.82, 2.24) is 4.98 Å². The van der Waals surface area contributed by atoms with Crippen molar-refractivity contribution in [3.05, 3.63) is 53.2 Å². The highest BCUT2D eigenvalue weighted by Crippen LogP contribution is 2.26. The maximum absolute atomic E-state index is 11.0. The number of pyridine rings is 1. The lowest BCUT2D eigenvalue weighted by Crippen LogP contribution is -2.18. The third-order valence-electron chi connectivity index (χ3n) is 3.47. The van der Waals surface area contributed by atoms with Crippen molar-refractivity contribution in [2.75, 3.05) is 11.9 Å². The Labute approximate surface area is 117 Å². The van der Waals surface area contributed by atoms with Crippen LogP contribution in [0.2, 0.25) is 0 Å². The Morgan fingerprint density at radius 2 is 2.20 bits per heavy atom. The van der Waals surface area contributed by atoms with Crippen LogP contribution in [0, 0.1) is 0 Å². The molecule has 2 aromatic rings. The number of fused-ring (bicyclic) bond motifs is 1. The van der Waals surface area contributed by atoms with E-state index in [4.69, 9.17) is 0 Å². The molecular formula is C16H15N3O. The molecule has 0 saturated heterocycles. The number of rotatable bonds is 4. The van der Waals surface area contributed by atoms with Gasteiger partial charge in [-0.1, -0.05) is 24.3 Å². The van der Waals surface area contributed by atoms with Crippen LogP contribution in [0.4, 0.5) is 11.5 Å². The van der Waals surface area contributed by atoms with Gasteiger partial charge in [0.1, 0.15) is 12.1 Å². The molecule has 0 radical (unpaired) electrons. The molecule has 0 unspecified atom stereocenters. The number of carbonyl (C=O) groups excluding carboxylic acids is 1. The minimum absolute atomic E-state index is 0.654. The van der Waals surface area contributed by atoms with Crippen LogP contribution in [-0.2, 0) is 13.0 Å². The monoisotopic (exact) mass is 265 g/mol. The second kappa shape index (κ2) is 5.25. The van der Waals surface area contributed by atoms with E-state index in [9.17, 15) is 4.79 Å². The molecule has 1 aromatic carbocycles. The van der Waals surface area contributed by atoms with E-state index in [2.05, 4.69) is 16.0 Å². The summed E-state index contributed by atoms with van der Waals surface area (Å²) in [5, 5.41) is 0. The number of anilines is 1. The third-order valence-corrected chi connectivity index (χ3v) is 3.47. The van der Waals surface area contributed by atoms with Gasteiger partial charge in [0.15, 0.2) is 0 Å². The lowest BCUT2D eigenvalue weighted by atomic mass is 10.1. The van der Waals surface area contributed by atoms with Crippen LogP contribution in [0.5, 0.6) is 0 Å². The number of hydrogen-bond donors (Lipinski definition) is 0. The molecule has 2 heterocycles. The molecule has 1 aliphatic heterocycles. The summed E-state index contributed by atoms with van der Waals surface area (Å²) in [6.07, 6.45) is 5.46. The third kappa shape index (κ3) is 2.32. The first-order chi connectivity index (χ1) is 9.78. The van der Waals surface area contributed by atoms with Crippen LogP contribution < -0.4 is 4.90 Å². The smallest absolute Gasteiger partial charge is 0.150 e. The fourth-order valence-corrected chi connectivity index (χ4v) is 2.34. The second-order valence-electron chi connectivity index (χ2n) is 4.86. The summed E-state index contributed by atoms with van der Waals surface area (Å²) in [4.78, 5) is 21.8. The second-order valence-corrected chi connectivity index (χ2v) is 4.86. The number of carbonyl (C=O) groups is 1. The van der Waals surface area contributed by atoms with Gasteiger partial charge in [-0.15, -0.1) is 0 Å². The lowest BCUT2D eigenvalue weighted by molar-refractivity contribution is 0.112. The maximum atomic E-state index is 11.0. The molecule has 100 valence electrons. The Bertz CT molecular complexity index is 679. The minimum Gasteiger partial charge on any atom is -0.355 e. The molecule has 0 aliphatic carbocycles. The van der Waals surface area contributed by atoms with E-state index < -0.39 is 0 Å². The summed E-state index contributed by atoms with van der Waals surface area (Å²) < 4.78 is 0. The molecule has 1 aliphatic rings. The molecule has 0 saturated carbocycles. The number of hydrogen-bond acceptors (Lipinski definition) is 4. The predicted molar refractivity (Wildman–Crippen MR) is 80.0 cm³/mol. The highest BCUT2D eigenvalue weighted by Gasteiger charge is 2.11. The summed E-state index contributed by atoms with van der Waals surface area (Å²) >= 11 is 0. The summed E-state index contributed by atoms with van der Waals surface area (Å²) in [5.41, 5.74) is 3.88. The summed E-state index contributed by atoms with van der Waals surface area (Å²) in [7, 11) is 1.98. The molecule has 4 heteroatoms. The van der Waals surface area contributed by atoms with Crippen molar-refractivity contribution in [3.8, 4) is 0 Å². The van der Waals surface area contributed by atoms with Crippen LogP contribution in [-0.4, -0.2) is 24.5 Å². The van der Waals surface area contributed by atoms with E-state index in [-0.39, 0.29) is 0 Å². The predicted octanol–water partition coefficient (Wildman–Crippen LogP) is 2.79. The molecule has 0 spiro atoms. The summed E-state index contributed by atoms with van der Waals surface area (Å²) in [5.74, 6) is 0.898. The molecule has 1 aromatic heterocycles. The number of benzene rings is 1. The zero-order chi connectivity index (χ0) is 13.9. The normalized spacial score (nSPS) is 12.2. The topological polar surface area (TPSA) is 45.6 Å². The van der Waals surface area contributed by atoms with Gasteiger partial charge in [0.25, 0.3) is 0 Å². The van der Waals surface area contributed by atoms with E-state index in [0.717, 1.165) is 35.3 Å². The van der Waals surface area contributed by atoms with E-state index >= 15 is 0 Å². The number of aldehydes is 1. The highest BCUT2D eigenvalue weighted by atomic mass is 16.1. The zero-order valence-electron chi connectivity index (χ0n) is 11.3. The fraction of sp³-hybridized carbons (Fsp3) is 0.188. The fourth-order valence-electron chi connectivity index (χ4n) is 2.34. The number of aromatic nitrogens is 1. The molecule has 0 amide bonds. The van der Waals surface area contributed by atoms with Crippen molar-refractivity contribution < 1.29 is 4.79 Å². The Hall–Kier alpha value is -2.49. The van der Waals surface area contributed by atoms with Crippen LogP contribution in [0.1, 0.15) is 21.5 Å². The van der Waals surface area contributed by atoms with Gasteiger partial charge in [-0.2, -0.15) is 0 Å². The average Bonchev–Trinajstić information content (AvgIpc) is 2.95. The Morgan fingerprint density at radius 3 is 3.05 bits per heavy atom. The standard InChI is InChI=1S/C16H15N3O/c1-19(10-13-4-2-3-5-14(13)11-20)16-8-12-6-7-17-15(12)9-18-16/h2-5,7-9,11H,6,10H2,1H3. The number of nitrogens with zero attached hydrogens (tertiary/aromatic N) is 3. The average molecular weight is 265 g/mol. The summed E-state index contributed by atoms with van der Waals surface area (Å²) in [6, 6.07) is 9.68. The van der Waals surface area contributed by atoms with E-state index in [0.29, 0.717) is 6.54 Å². The van der Waals surface area contributed by atoms with Gasteiger partial charge in [0, 0.05) is 31.8 Å². The van der Waals surface area contributed by atoms with Crippen LogP contribution in [0.25, 0.3) is 0 Å². The van der Waals surface area contributed by atoms with E-state index in [1.54, 1.807) is 6.20 Å². The summed E-state index contributed by atoms with van der Waals surface area (Å²) in [6.45, 7) is 0.654. The van der Waals surface area contributed by atoms with Crippen molar-refractivity contribution >= 4 is 24.0 Å². The van der Waals surface area contributed by atoms with Gasteiger partial charge >= 0.3 is 0 Å². The van der Waals surface area contributed by atoms with Crippen molar-refractivity contribution in [2.24, 2.45) is 4.99 Å². The maximum Gasteiger partial charge on any atom is 0.150 e. The van der Waals surface area contributed by atoms with Gasteiger partial charge in [-0.3, -0.25) is 9.79 Å². The first-order valence-corrected chi connectivity index (χ1v) is 6.53. The molecule has 0 bridgehead atoms. The quantitative estimate of drug-likeness (QED) is 0.798. The van der Waals surface area contributed by atoms with Crippen molar-refractivity contribution in [2.45, 2.75) is 13.0 Å². The Balaban J connectivity index is 1.83.